The molecule has 0 aromatic heterocycles. The van der Waals surface area contributed by atoms with Crippen LogP contribution in [0.1, 0.15) is 69.7 Å². The monoisotopic (exact) mass is 505 g/mol. The van der Waals surface area contributed by atoms with Crippen molar-refractivity contribution in [2.75, 3.05) is 19.8 Å². The van der Waals surface area contributed by atoms with Crippen molar-refractivity contribution in [2.24, 2.45) is 0 Å². The van der Waals surface area contributed by atoms with Gasteiger partial charge in [-0.25, -0.2) is 0 Å². The van der Waals surface area contributed by atoms with Crippen LogP contribution >= 0.6 is 31.8 Å². The molecule has 0 amide bonds. The minimum Gasteiger partial charge on any atom is -0.493 e. The van der Waals surface area contributed by atoms with Crippen LogP contribution in [0.4, 0.5) is 0 Å². The maximum Gasteiger partial charge on any atom is 0.188 e. The molecule has 2 aromatic rings. The maximum atomic E-state index is 13.2. The molecular weight excluding hydrogens is 473 g/mol. The second-order valence-electron chi connectivity index (χ2n) is 7.45. The van der Waals surface area contributed by atoms with Gasteiger partial charge in [-0.15, -0.1) is 0 Å². The fourth-order valence-corrected chi connectivity index (χ4v) is 4.76. The smallest absolute Gasteiger partial charge is 0.188 e. The molecule has 4 nitrogen and oxygen atoms in total. The average molecular weight is 506 g/mol. The van der Waals surface area contributed by atoms with E-state index >= 15 is 0 Å². The van der Waals surface area contributed by atoms with Gasteiger partial charge in [-0.1, -0.05) is 69.3 Å². The fourth-order valence-electron chi connectivity index (χ4n) is 2.88. The Labute approximate surface area is 222 Å². The van der Waals surface area contributed by atoms with Gasteiger partial charge in [-0.05, 0) is 40.0 Å². The van der Waals surface area contributed by atoms with Gasteiger partial charge in [-0.2, -0.15) is 0 Å². The molecule has 0 fully saturated rings. The van der Waals surface area contributed by atoms with Gasteiger partial charge in [0.1, 0.15) is 17.2 Å². The molecule has 2 rings (SSSR count). The molecule has 0 heterocycles. The quantitative estimate of drug-likeness (QED) is 0.145. The molecule has 0 saturated heterocycles. The minimum absolute atomic E-state index is 0. The summed E-state index contributed by atoms with van der Waals surface area (Å²) in [6.07, 6.45) is 5.87. The maximum absolute atomic E-state index is 13.2. The molecule has 0 saturated carbocycles. The van der Waals surface area contributed by atoms with Gasteiger partial charge in [0, 0.05) is 31.0 Å². The van der Waals surface area contributed by atoms with Crippen molar-refractivity contribution in [1.29, 1.82) is 0 Å². The largest absolute Gasteiger partial charge is 0.493 e. The minimum atomic E-state index is -0.245. The van der Waals surface area contributed by atoms with Crippen LogP contribution in [0.25, 0.3) is 0 Å². The predicted molar refractivity (Wildman–Crippen MR) is 142 cm³/mol. The number of hydrogen-bond donors (Lipinski definition) is 0. The number of unbranched alkanes of at least 4 members (excludes halogenated alkanes) is 3. The number of carbonyl (C=O) groups excluding carboxylic acids is 1. The summed E-state index contributed by atoms with van der Waals surface area (Å²) in [5.41, 5.74) is 0.178. The third-order valence-corrected chi connectivity index (χ3v) is 6.60. The summed E-state index contributed by atoms with van der Waals surface area (Å²) in [6, 6.07) is 8.80. The summed E-state index contributed by atoms with van der Waals surface area (Å²) in [5, 5.41) is 1.41. The molecule has 0 aliphatic heterocycles. The number of ether oxygens (including phenoxy) is 3. The van der Waals surface area contributed by atoms with E-state index < -0.39 is 0 Å². The molecule has 1 atom stereocenters. The number of carbonyl (C=O) groups is 1. The first-order valence-electron chi connectivity index (χ1n) is 11.3. The van der Waals surface area contributed by atoms with E-state index in [4.69, 9.17) is 37.4 Å². The molecule has 8 heteroatoms. The van der Waals surface area contributed by atoms with Crippen molar-refractivity contribution in [3.05, 3.63) is 45.9 Å². The molecule has 33 heavy (non-hydrogen) atoms. The molecule has 0 bridgehead atoms. The summed E-state index contributed by atoms with van der Waals surface area (Å²) >= 11 is 12.6. The number of rotatable bonds is 15. The van der Waals surface area contributed by atoms with Crippen LogP contribution in [-0.2, 0) is 0 Å². The van der Waals surface area contributed by atoms with E-state index in [0.29, 0.717) is 52.7 Å². The summed E-state index contributed by atoms with van der Waals surface area (Å²) in [4.78, 5) is 13.2. The van der Waals surface area contributed by atoms with Crippen molar-refractivity contribution in [2.45, 2.75) is 59.3 Å². The molecule has 0 aliphatic carbocycles. The normalized spacial score (nSPS) is 10.8. The van der Waals surface area contributed by atoms with Crippen LogP contribution in [-0.4, -0.2) is 44.2 Å². The molecule has 0 spiro atoms. The van der Waals surface area contributed by atoms with E-state index in [2.05, 4.69) is 20.8 Å². The second-order valence-corrected chi connectivity index (χ2v) is 9.47. The Bertz CT molecular complexity index is 828. The average Bonchev–Trinajstić information content (AvgIpc) is 2.76. The van der Waals surface area contributed by atoms with Crippen molar-refractivity contribution >= 4 is 61.5 Å². The Balaban J connectivity index is 0.00000544. The van der Waals surface area contributed by atoms with Crippen LogP contribution in [0.3, 0.4) is 0 Å². The van der Waals surface area contributed by atoms with E-state index in [1.807, 2.05) is 12.1 Å². The second kappa shape index (κ2) is 16.7. The first kappa shape index (κ1) is 30.1. The first-order valence-corrected chi connectivity index (χ1v) is 13.1. The Morgan fingerprint density at radius 1 is 0.818 bits per heavy atom. The third-order valence-electron chi connectivity index (χ3n) is 4.75. The fraction of sp³-hybridized carbons (Fsp3) is 0.480. The Morgan fingerprint density at radius 3 is 1.73 bits per heavy atom. The summed E-state index contributed by atoms with van der Waals surface area (Å²) in [7, 11) is -0.245. The Morgan fingerprint density at radius 2 is 1.27 bits per heavy atom. The van der Waals surface area contributed by atoms with Gasteiger partial charge in [0.25, 0.3) is 0 Å². The summed E-state index contributed by atoms with van der Waals surface area (Å²) in [5.74, 6) is 1.93. The van der Waals surface area contributed by atoms with Crippen LogP contribution in [0.5, 0.6) is 17.2 Å². The molecule has 0 N–H and O–H groups in total. The summed E-state index contributed by atoms with van der Waals surface area (Å²) in [6.45, 7) is 8.08. The van der Waals surface area contributed by atoms with Crippen molar-refractivity contribution in [3.8, 4) is 17.2 Å². The van der Waals surface area contributed by atoms with E-state index in [1.165, 1.54) is 0 Å². The SMILES string of the molecule is CCCCOc1cc(OCCCC)c(PC(=O)c2c(Cl)cccc2Cl)c(OCCCC)c1.[Li]. The Hall–Kier alpha value is -0.883. The zero-order valence-electron chi connectivity index (χ0n) is 20.1. The summed E-state index contributed by atoms with van der Waals surface area (Å²) < 4.78 is 18.1. The van der Waals surface area contributed by atoms with Crippen molar-refractivity contribution < 1.29 is 19.0 Å². The molecule has 1 radical (unpaired) electrons. The standard InChI is InChI=1S/C25H33Cl2O4P.Li/c1-4-7-13-29-18-16-21(30-14-8-5-2)24(22(17-18)31-15-9-6-3)32-25(28)23-19(26)11-10-12-20(23)27;/h10-12,16-17,32H,4-9,13-15H2,1-3H3;. The van der Waals surface area contributed by atoms with Crippen LogP contribution in [0.2, 0.25) is 10.0 Å². The topological polar surface area (TPSA) is 44.8 Å². The van der Waals surface area contributed by atoms with Crippen molar-refractivity contribution in [3.63, 3.8) is 0 Å². The van der Waals surface area contributed by atoms with Crippen molar-refractivity contribution in [1.82, 2.24) is 0 Å². The molecule has 1 unspecified atom stereocenters. The van der Waals surface area contributed by atoms with Crippen LogP contribution in [0, 0.1) is 0 Å². The van der Waals surface area contributed by atoms with Gasteiger partial charge in [0.05, 0.1) is 40.7 Å². The number of benzene rings is 2. The van der Waals surface area contributed by atoms with E-state index in [-0.39, 0.29) is 33.0 Å². The van der Waals surface area contributed by atoms with E-state index in [9.17, 15) is 4.79 Å². The predicted octanol–water partition coefficient (Wildman–Crippen LogP) is 7.29. The first-order chi connectivity index (χ1) is 15.5. The zero-order chi connectivity index (χ0) is 23.3. The molecule has 2 aromatic carbocycles. The molecule has 177 valence electrons. The van der Waals surface area contributed by atoms with Crippen LogP contribution < -0.4 is 19.5 Å². The molecular formula is C25H33Cl2LiO4P. The van der Waals surface area contributed by atoms with Gasteiger partial charge >= 0.3 is 0 Å². The number of halogens is 2. The van der Waals surface area contributed by atoms with Crippen LogP contribution in [0.15, 0.2) is 30.3 Å². The zero-order valence-corrected chi connectivity index (χ0v) is 22.7. The van der Waals surface area contributed by atoms with Gasteiger partial charge < -0.3 is 14.2 Å². The Kier molecular flexibility index (Phi) is 15.3. The van der Waals surface area contributed by atoms with Gasteiger partial charge in [0.15, 0.2) is 5.52 Å². The van der Waals surface area contributed by atoms with E-state index in [0.717, 1.165) is 43.8 Å². The van der Waals surface area contributed by atoms with Gasteiger partial charge in [-0.3, -0.25) is 4.79 Å². The van der Waals surface area contributed by atoms with E-state index in [1.54, 1.807) is 18.2 Å². The van der Waals surface area contributed by atoms with Gasteiger partial charge in [0.2, 0.25) is 0 Å². The molecule has 0 aliphatic rings. The third kappa shape index (κ3) is 9.71. The number of hydrogen-bond acceptors (Lipinski definition) is 4.